The molecule has 1 N–H and O–H groups in total. The Hall–Kier alpha value is -1.95. The van der Waals surface area contributed by atoms with Crippen LogP contribution in [0.4, 0.5) is 11.5 Å². The van der Waals surface area contributed by atoms with Gasteiger partial charge in [-0.2, -0.15) is 0 Å². The summed E-state index contributed by atoms with van der Waals surface area (Å²) in [7, 11) is 0. The number of nitrogens with one attached hydrogen (secondary N) is 1. The average Bonchev–Trinajstić information content (AvgIpc) is 2.39. The fraction of sp³-hybridized carbons (Fsp3) is 0.385. The monoisotopic (exact) mass is 295 g/mol. The first kappa shape index (κ1) is 14.5. The van der Waals surface area contributed by atoms with Crippen LogP contribution in [0.5, 0.6) is 0 Å². The summed E-state index contributed by atoms with van der Waals surface area (Å²) in [4.78, 5) is 26.0. The summed E-state index contributed by atoms with van der Waals surface area (Å²) in [5.41, 5.74) is 0.804. The molecule has 0 unspecified atom stereocenters. The highest BCUT2D eigenvalue weighted by atomic mass is 35.5. The van der Waals surface area contributed by atoms with E-state index in [0.29, 0.717) is 0 Å². The van der Waals surface area contributed by atoms with Crippen molar-refractivity contribution in [1.82, 2.24) is 4.98 Å². The Kier molecular flexibility index (Phi) is 4.68. The topological polar surface area (TPSA) is 85.1 Å². The molecular formula is C13H14ClN3O3. The normalized spacial score (nSPS) is 14.6. The zero-order valence-corrected chi connectivity index (χ0v) is 11.5. The van der Waals surface area contributed by atoms with Gasteiger partial charge in [-0.05, 0) is 31.7 Å². The van der Waals surface area contributed by atoms with Crippen LogP contribution < -0.4 is 5.32 Å². The zero-order chi connectivity index (χ0) is 14.5. The summed E-state index contributed by atoms with van der Waals surface area (Å²) in [6.07, 6.45) is 6.41. The molecule has 1 aliphatic carbocycles. The third kappa shape index (κ3) is 3.77. The molecule has 0 fully saturated rings. The van der Waals surface area contributed by atoms with Crippen LogP contribution in [0.3, 0.4) is 0 Å². The molecule has 0 saturated carbocycles. The molecule has 0 spiro atoms. The van der Waals surface area contributed by atoms with Gasteiger partial charge in [-0.15, -0.1) is 0 Å². The molecule has 106 valence electrons. The second kappa shape index (κ2) is 6.47. The number of aromatic nitrogens is 1. The van der Waals surface area contributed by atoms with Crippen molar-refractivity contribution >= 4 is 29.0 Å². The SMILES string of the molecule is O=C(CC1=CCCCC1)Nc1nc(Cl)ccc1[N+](=O)[O-]. The quantitative estimate of drug-likeness (QED) is 0.399. The molecule has 1 aromatic rings. The molecule has 0 aliphatic heterocycles. The molecule has 0 atom stereocenters. The van der Waals surface area contributed by atoms with Crippen LogP contribution in [-0.4, -0.2) is 15.8 Å². The Labute approximate surface area is 121 Å². The molecule has 7 heteroatoms. The Balaban J connectivity index is 2.09. The lowest BCUT2D eigenvalue weighted by Crippen LogP contribution is -2.15. The number of carbonyl (C=O) groups excluding carboxylic acids is 1. The number of halogens is 1. The minimum absolute atomic E-state index is 0.0998. The highest BCUT2D eigenvalue weighted by Gasteiger charge is 2.18. The molecule has 0 radical (unpaired) electrons. The Bertz CT molecular complexity index is 572. The summed E-state index contributed by atoms with van der Waals surface area (Å²) < 4.78 is 0. The molecular weight excluding hydrogens is 282 g/mol. The Morgan fingerprint density at radius 1 is 1.45 bits per heavy atom. The van der Waals surface area contributed by atoms with Gasteiger partial charge in [-0.3, -0.25) is 14.9 Å². The Morgan fingerprint density at radius 3 is 2.90 bits per heavy atom. The highest BCUT2D eigenvalue weighted by Crippen LogP contribution is 2.25. The molecule has 6 nitrogen and oxygen atoms in total. The maximum Gasteiger partial charge on any atom is 0.311 e. The van der Waals surface area contributed by atoms with E-state index in [1.165, 1.54) is 12.1 Å². The van der Waals surface area contributed by atoms with Crippen molar-refractivity contribution in [2.45, 2.75) is 32.1 Å². The number of carbonyl (C=O) groups is 1. The lowest BCUT2D eigenvalue weighted by Gasteiger charge is -2.12. The molecule has 0 bridgehead atoms. The van der Waals surface area contributed by atoms with E-state index in [4.69, 9.17) is 11.6 Å². The van der Waals surface area contributed by atoms with Crippen LogP contribution >= 0.6 is 11.6 Å². The second-order valence-corrected chi connectivity index (χ2v) is 4.98. The molecule has 1 heterocycles. The van der Waals surface area contributed by atoms with Crippen LogP contribution in [0.2, 0.25) is 5.15 Å². The number of nitrogens with zero attached hydrogens (tertiary/aromatic N) is 2. The van der Waals surface area contributed by atoms with Crippen molar-refractivity contribution in [3.8, 4) is 0 Å². The Morgan fingerprint density at radius 2 is 2.25 bits per heavy atom. The first-order chi connectivity index (χ1) is 9.56. The molecule has 1 amide bonds. The number of amides is 1. The number of hydrogen-bond acceptors (Lipinski definition) is 4. The van der Waals surface area contributed by atoms with Crippen molar-refractivity contribution in [2.75, 3.05) is 5.32 Å². The maximum atomic E-state index is 11.9. The number of nitro groups is 1. The van der Waals surface area contributed by atoms with E-state index >= 15 is 0 Å². The van der Waals surface area contributed by atoms with Gasteiger partial charge in [0.1, 0.15) is 5.15 Å². The highest BCUT2D eigenvalue weighted by molar-refractivity contribution is 6.29. The predicted octanol–water partition coefficient (Wildman–Crippen LogP) is 3.47. The van der Waals surface area contributed by atoms with Gasteiger partial charge in [0.2, 0.25) is 11.7 Å². The van der Waals surface area contributed by atoms with Crippen LogP contribution in [0.1, 0.15) is 32.1 Å². The predicted molar refractivity (Wildman–Crippen MR) is 75.7 cm³/mol. The molecule has 1 aliphatic rings. The van der Waals surface area contributed by atoms with Crippen LogP contribution in [0.25, 0.3) is 0 Å². The molecule has 2 rings (SSSR count). The van der Waals surface area contributed by atoms with Gasteiger partial charge in [0, 0.05) is 12.5 Å². The average molecular weight is 296 g/mol. The first-order valence-corrected chi connectivity index (χ1v) is 6.73. The van der Waals surface area contributed by atoms with Crippen LogP contribution in [-0.2, 0) is 4.79 Å². The number of anilines is 1. The van der Waals surface area contributed by atoms with E-state index < -0.39 is 4.92 Å². The molecule has 1 aromatic heterocycles. The third-order valence-electron chi connectivity index (χ3n) is 3.07. The summed E-state index contributed by atoms with van der Waals surface area (Å²) in [5.74, 6) is -0.417. The number of hydrogen-bond donors (Lipinski definition) is 1. The minimum Gasteiger partial charge on any atom is -0.305 e. The van der Waals surface area contributed by atoms with E-state index in [1.54, 1.807) is 0 Å². The lowest BCUT2D eigenvalue weighted by molar-refractivity contribution is -0.384. The van der Waals surface area contributed by atoms with E-state index in [-0.39, 0.29) is 29.0 Å². The summed E-state index contributed by atoms with van der Waals surface area (Å²) in [6.45, 7) is 0. The summed E-state index contributed by atoms with van der Waals surface area (Å²) in [5, 5.41) is 13.4. The van der Waals surface area contributed by atoms with Gasteiger partial charge in [0.25, 0.3) is 0 Å². The maximum absolute atomic E-state index is 11.9. The summed E-state index contributed by atoms with van der Waals surface area (Å²) in [6, 6.07) is 2.55. The number of pyridine rings is 1. The second-order valence-electron chi connectivity index (χ2n) is 4.59. The van der Waals surface area contributed by atoms with E-state index in [2.05, 4.69) is 16.4 Å². The fourth-order valence-electron chi connectivity index (χ4n) is 2.11. The lowest BCUT2D eigenvalue weighted by atomic mass is 9.97. The first-order valence-electron chi connectivity index (χ1n) is 6.35. The van der Waals surface area contributed by atoms with E-state index in [9.17, 15) is 14.9 Å². The molecule has 0 aromatic carbocycles. The van der Waals surface area contributed by atoms with E-state index in [0.717, 1.165) is 31.3 Å². The fourth-order valence-corrected chi connectivity index (χ4v) is 2.26. The van der Waals surface area contributed by atoms with Crippen molar-refractivity contribution in [3.63, 3.8) is 0 Å². The largest absolute Gasteiger partial charge is 0.311 e. The van der Waals surface area contributed by atoms with Gasteiger partial charge in [-0.25, -0.2) is 4.98 Å². The minimum atomic E-state index is -0.598. The summed E-state index contributed by atoms with van der Waals surface area (Å²) >= 11 is 5.70. The smallest absolute Gasteiger partial charge is 0.305 e. The molecule has 0 saturated heterocycles. The van der Waals surface area contributed by atoms with Gasteiger partial charge in [0.15, 0.2) is 0 Å². The van der Waals surface area contributed by atoms with Crippen LogP contribution in [0, 0.1) is 10.1 Å². The molecule has 20 heavy (non-hydrogen) atoms. The van der Waals surface area contributed by atoms with Crippen molar-refractivity contribution < 1.29 is 9.72 Å². The van der Waals surface area contributed by atoms with E-state index in [1.807, 2.05) is 0 Å². The standard InChI is InChI=1S/C13H14ClN3O3/c14-11-7-6-10(17(19)20)13(15-11)16-12(18)8-9-4-2-1-3-5-9/h4,6-7H,1-3,5,8H2,(H,15,16,18). The van der Waals surface area contributed by atoms with Gasteiger partial charge < -0.3 is 5.32 Å². The number of rotatable bonds is 4. The van der Waals surface area contributed by atoms with Gasteiger partial charge in [-0.1, -0.05) is 23.3 Å². The van der Waals surface area contributed by atoms with Crippen molar-refractivity contribution in [2.24, 2.45) is 0 Å². The van der Waals surface area contributed by atoms with Gasteiger partial charge >= 0.3 is 5.69 Å². The van der Waals surface area contributed by atoms with Crippen LogP contribution in [0.15, 0.2) is 23.8 Å². The van der Waals surface area contributed by atoms with Gasteiger partial charge in [0.05, 0.1) is 4.92 Å². The zero-order valence-electron chi connectivity index (χ0n) is 10.8. The number of allylic oxidation sites excluding steroid dienone is 1. The third-order valence-corrected chi connectivity index (χ3v) is 3.28. The van der Waals surface area contributed by atoms with Crippen molar-refractivity contribution in [1.29, 1.82) is 0 Å². The van der Waals surface area contributed by atoms with Crippen molar-refractivity contribution in [3.05, 3.63) is 39.0 Å².